The monoisotopic (exact) mass is 1600 g/mol. The molecule has 8 saturated carbocycles. The number of aromatic nitrogens is 8. The van der Waals surface area contributed by atoms with Crippen LogP contribution in [-0.2, 0) is 10.8 Å². The zero-order chi connectivity index (χ0) is 82.1. The van der Waals surface area contributed by atoms with Gasteiger partial charge in [-0.05, 0) is 316 Å². The van der Waals surface area contributed by atoms with Crippen LogP contribution in [0.1, 0.15) is 97.6 Å². The minimum atomic E-state index is 0.0301. The lowest BCUT2D eigenvalue weighted by molar-refractivity contribution is -0.0399. The third kappa shape index (κ3) is 12.8. The van der Waals surface area contributed by atoms with E-state index < -0.39 is 0 Å². The maximum atomic E-state index is 5.32. The van der Waals surface area contributed by atoms with Crippen molar-refractivity contribution in [1.29, 1.82) is 0 Å². The molecular formula is C116H92N8. The van der Waals surface area contributed by atoms with Crippen LogP contribution >= 0.6 is 0 Å². The third-order valence-electron chi connectivity index (χ3n) is 29.7. The fourth-order valence-electron chi connectivity index (χ4n) is 24.6. The van der Waals surface area contributed by atoms with Crippen molar-refractivity contribution in [2.24, 2.45) is 47.3 Å². The van der Waals surface area contributed by atoms with E-state index in [1.165, 1.54) is 142 Å². The van der Waals surface area contributed by atoms with Crippen molar-refractivity contribution in [2.75, 3.05) is 0 Å². The maximum Gasteiger partial charge on any atom is 0.164 e. The molecule has 13 aromatic carbocycles. The molecule has 0 saturated heterocycles. The summed E-state index contributed by atoms with van der Waals surface area (Å²) in [5.41, 5.74) is 36.4. The largest absolute Gasteiger partial charge is 0.265 e. The number of aryl methyl sites for hydroxylation is 2. The van der Waals surface area contributed by atoms with Crippen LogP contribution in [0.3, 0.4) is 0 Å². The first-order chi connectivity index (χ1) is 61.1. The molecule has 4 heterocycles. The molecule has 0 N–H and O–H groups in total. The molecule has 596 valence electrons. The Morgan fingerprint density at radius 2 is 0.508 bits per heavy atom. The molecule has 8 fully saturated rings. The molecule has 8 heteroatoms. The van der Waals surface area contributed by atoms with Crippen molar-refractivity contribution in [3.8, 4) is 169 Å². The van der Waals surface area contributed by atoms with Gasteiger partial charge in [0.2, 0.25) is 0 Å². The van der Waals surface area contributed by atoms with Crippen LogP contribution < -0.4 is 0 Å². The molecule has 17 aromatic rings. The number of hydrogen-bond donors (Lipinski definition) is 0. The molecule has 0 unspecified atom stereocenters. The van der Waals surface area contributed by atoms with Crippen molar-refractivity contribution < 1.29 is 0 Å². The fourth-order valence-corrected chi connectivity index (χ4v) is 24.6. The van der Waals surface area contributed by atoms with E-state index in [1.54, 1.807) is 16.7 Å². The molecule has 0 amide bonds. The molecule has 0 atom stereocenters. The minimum absolute atomic E-state index is 0.0301. The molecule has 2 spiro atoms. The van der Waals surface area contributed by atoms with Gasteiger partial charge in [-0.1, -0.05) is 266 Å². The summed E-state index contributed by atoms with van der Waals surface area (Å²) < 4.78 is 0. The van der Waals surface area contributed by atoms with E-state index in [4.69, 9.17) is 34.9 Å². The Labute approximate surface area is 725 Å². The van der Waals surface area contributed by atoms with Gasteiger partial charge in [-0.15, -0.1) is 0 Å². The Hall–Kier alpha value is -13.8. The smallest absolute Gasteiger partial charge is 0.164 e. The van der Waals surface area contributed by atoms with Crippen LogP contribution in [0.5, 0.6) is 0 Å². The first kappa shape index (κ1) is 74.0. The molecule has 8 nitrogen and oxygen atoms in total. The minimum Gasteiger partial charge on any atom is -0.265 e. The number of rotatable bonds is 13. The van der Waals surface area contributed by atoms with Gasteiger partial charge in [0.05, 0.1) is 5.69 Å². The zero-order valence-electron chi connectivity index (χ0n) is 69.8. The highest BCUT2D eigenvalue weighted by molar-refractivity contribution is 5.91. The Bertz CT molecular complexity index is 6750. The average molecular weight is 1600 g/mol. The second-order valence-corrected chi connectivity index (χ2v) is 36.8. The standard InChI is InChI=1S/C61H47N3.C55H45N5/c1-4-12-41(13-5-1)44-20-24-46(25-21-44)58-62-59(47-26-22-45(23-27-47)42-14-6-2-7-15-42)64-60(63-58)51-36-49(43-16-8-3-9-17-43)35-50(37-51)48-28-29-55-54-18-10-11-19-56(54)61(57(55)38-48)52-31-39-30-40(33-52)34-53(61)32-39;1-33-6-10-38(11-7-33)52-58-53(39-12-8-34(2)9-13-39)60-54(59-52)44-29-42(37-18-21-56-22-19-37)28-43(30-44)40-14-16-47-48-31-41(51-5-3-4-20-57-51)15-17-49(48)55(50(47)32-40)45-24-35-23-36(26-45)27-46(55)25-35/h1-29,35-40,52-53H,30-34H2;3-22,28-32,35-36,45-46H,23-27H2,1-2H3. The number of fused-ring (bicyclic) bond motifs is 6. The Balaban J connectivity index is 0.000000140. The summed E-state index contributed by atoms with van der Waals surface area (Å²) in [6.07, 6.45) is 19.4. The summed E-state index contributed by atoms with van der Waals surface area (Å²) in [7, 11) is 0. The van der Waals surface area contributed by atoms with Gasteiger partial charge in [-0.25, -0.2) is 29.9 Å². The lowest BCUT2D eigenvalue weighted by Gasteiger charge is -2.61. The third-order valence-corrected chi connectivity index (χ3v) is 29.7. The summed E-state index contributed by atoms with van der Waals surface area (Å²) in [6.45, 7) is 4.21. The van der Waals surface area contributed by atoms with E-state index in [-0.39, 0.29) is 10.8 Å². The van der Waals surface area contributed by atoms with Gasteiger partial charge in [0, 0.05) is 68.4 Å². The lowest BCUT2D eigenvalue weighted by atomic mass is 9.43. The van der Waals surface area contributed by atoms with Crippen LogP contribution in [0.4, 0.5) is 0 Å². The Morgan fingerprint density at radius 1 is 0.202 bits per heavy atom. The average Bonchev–Trinajstić information content (AvgIpc) is 1.50. The second kappa shape index (κ2) is 30.1. The molecule has 124 heavy (non-hydrogen) atoms. The molecule has 27 rings (SSSR count). The summed E-state index contributed by atoms with van der Waals surface area (Å²) in [4.78, 5) is 40.4. The highest BCUT2D eigenvalue weighted by Gasteiger charge is 2.63. The van der Waals surface area contributed by atoms with Crippen molar-refractivity contribution in [3.63, 3.8) is 0 Å². The second-order valence-electron chi connectivity index (χ2n) is 36.8. The first-order valence-electron chi connectivity index (χ1n) is 44.8. The van der Waals surface area contributed by atoms with Gasteiger partial charge in [-0.3, -0.25) is 9.97 Å². The van der Waals surface area contributed by atoms with Crippen LogP contribution in [-0.4, -0.2) is 39.9 Å². The van der Waals surface area contributed by atoms with E-state index in [1.807, 2.05) is 24.7 Å². The van der Waals surface area contributed by atoms with Crippen molar-refractivity contribution in [2.45, 2.75) is 88.9 Å². The van der Waals surface area contributed by atoms with Gasteiger partial charge < -0.3 is 0 Å². The quantitative estimate of drug-likeness (QED) is 0.112. The van der Waals surface area contributed by atoms with Gasteiger partial charge in [0.1, 0.15) is 0 Å². The number of hydrogen-bond acceptors (Lipinski definition) is 8. The van der Waals surface area contributed by atoms with E-state index in [0.29, 0.717) is 58.6 Å². The summed E-state index contributed by atoms with van der Waals surface area (Å²) in [6, 6.07) is 122. The molecule has 10 aliphatic carbocycles. The normalized spacial score (nSPS) is 21.5. The molecule has 10 aliphatic rings. The van der Waals surface area contributed by atoms with Gasteiger partial charge in [-0.2, -0.15) is 0 Å². The molecular weight excluding hydrogens is 1510 g/mol. The van der Waals surface area contributed by atoms with Crippen molar-refractivity contribution >= 4 is 0 Å². The van der Waals surface area contributed by atoms with Crippen LogP contribution in [0.2, 0.25) is 0 Å². The first-order valence-corrected chi connectivity index (χ1v) is 44.8. The highest BCUT2D eigenvalue weighted by Crippen LogP contribution is 2.72. The fraction of sp³-hybridized carbons (Fsp3) is 0.190. The Kier molecular flexibility index (Phi) is 17.9. The summed E-state index contributed by atoms with van der Waals surface area (Å²) >= 11 is 0. The van der Waals surface area contributed by atoms with Crippen LogP contribution in [0.15, 0.2) is 352 Å². The molecule has 0 radical (unpaired) electrons. The van der Waals surface area contributed by atoms with E-state index in [2.05, 4.69) is 346 Å². The van der Waals surface area contributed by atoms with Crippen LogP contribution in [0, 0.1) is 61.2 Å². The predicted octanol–water partition coefficient (Wildman–Crippen LogP) is 28.3. The molecule has 8 bridgehead atoms. The number of benzene rings is 13. The van der Waals surface area contributed by atoms with Gasteiger partial charge >= 0.3 is 0 Å². The van der Waals surface area contributed by atoms with E-state index in [9.17, 15) is 0 Å². The lowest BCUT2D eigenvalue weighted by Crippen LogP contribution is -2.55. The summed E-state index contributed by atoms with van der Waals surface area (Å²) in [5.74, 6) is 10.2. The zero-order valence-corrected chi connectivity index (χ0v) is 69.8. The van der Waals surface area contributed by atoms with Crippen molar-refractivity contribution in [3.05, 3.63) is 386 Å². The van der Waals surface area contributed by atoms with Crippen LogP contribution in [0.25, 0.3) is 169 Å². The van der Waals surface area contributed by atoms with E-state index >= 15 is 0 Å². The molecule has 4 aromatic heterocycles. The highest BCUT2D eigenvalue weighted by atomic mass is 15.0. The topological polar surface area (TPSA) is 103 Å². The van der Waals surface area contributed by atoms with Gasteiger partial charge in [0.15, 0.2) is 34.9 Å². The number of pyridine rings is 2. The summed E-state index contributed by atoms with van der Waals surface area (Å²) in [5, 5.41) is 0. The Morgan fingerprint density at radius 3 is 0.927 bits per heavy atom. The molecule has 0 aliphatic heterocycles. The van der Waals surface area contributed by atoms with Gasteiger partial charge in [0.25, 0.3) is 0 Å². The number of nitrogens with zero attached hydrogens (tertiary/aromatic N) is 8. The maximum absolute atomic E-state index is 5.32. The predicted molar refractivity (Wildman–Crippen MR) is 502 cm³/mol. The van der Waals surface area contributed by atoms with Crippen molar-refractivity contribution in [1.82, 2.24) is 39.9 Å². The van der Waals surface area contributed by atoms with E-state index in [0.717, 1.165) is 96.1 Å². The SMILES string of the molecule is Cc1ccc(-c2nc(-c3ccc(C)cc3)nc(-c3cc(-c4ccncc4)cc(-c4ccc5c(c4)C4(c6ccc(-c7ccccn7)cc6-5)C5CC6CC(C5)CC4C6)c3)n2)cc1.c1ccc(-c2ccc(-c3nc(-c4ccc(-c5ccccc5)cc4)nc(-c4cc(-c5ccccc5)cc(-c5ccc6c(c5)C5(c7ccccc7-6)C6CC7CC(C6)CC5C7)c4)n3)cc2)cc1.